The van der Waals surface area contributed by atoms with Crippen LogP contribution >= 0.6 is 0 Å². The Morgan fingerprint density at radius 1 is 1.23 bits per heavy atom. The van der Waals surface area contributed by atoms with Crippen molar-refractivity contribution in [2.75, 3.05) is 19.5 Å². The molecule has 2 aromatic heterocycles. The lowest BCUT2D eigenvalue weighted by Crippen LogP contribution is -2.44. The summed E-state index contributed by atoms with van der Waals surface area (Å²) >= 11 is 0. The molecule has 9 heteroatoms. The zero-order valence-corrected chi connectivity index (χ0v) is 18.2. The minimum absolute atomic E-state index is 0.122. The number of methoxy groups -OCH3 is 1. The highest BCUT2D eigenvalue weighted by Crippen LogP contribution is 2.21. The van der Waals surface area contributed by atoms with Gasteiger partial charge in [0.15, 0.2) is 0 Å². The summed E-state index contributed by atoms with van der Waals surface area (Å²) in [6.45, 7) is 6.43. The van der Waals surface area contributed by atoms with Crippen LogP contribution in [0.3, 0.4) is 0 Å². The molecular weight excluding hydrogens is 394 g/mol. The minimum Gasteiger partial charge on any atom is -0.618 e. The van der Waals surface area contributed by atoms with E-state index in [9.17, 15) is 5.21 Å². The predicted octanol–water partition coefficient (Wildman–Crippen LogP) is 2.01. The minimum atomic E-state index is -0.435. The molecular formula is C22H27N7O2. The largest absolute Gasteiger partial charge is 0.618 e. The third-order valence-corrected chi connectivity index (χ3v) is 5.02. The summed E-state index contributed by atoms with van der Waals surface area (Å²) in [6.07, 6.45) is 1.50. The Bertz CT molecular complexity index is 1160. The van der Waals surface area contributed by atoms with E-state index in [1.54, 1.807) is 19.2 Å². The van der Waals surface area contributed by atoms with Crippen LogP contribution in [0.4, 0.5) is 5.95 Å². The van der Waals surface area contributed by atoms with E-state index in [2.05, 4.69) is 20.1 Å². The lowest BCUT2D eigenvalue weighted by atomic mass is 9.89. The molecule has 4 N–H and O–H groups in total. The number of nitrogen functional groups attached to an aromatic ring is 1. The number of para-hydroxylation sites is 1. The monoisotopic (exact) mass is 421 g/mol. The molecule has 0 radical (unpaired) electrons. The van der Waals surface area contributed by atoms with E-state index in [1.807, 2.05) is 45.0 Å². The van der Waals surface area contributed by atoms with Crippen LogP contribution in [0.5, 0.6) is 0 Å². The van der Waals surface area contributed by atoms with Crippen LogP contribution in [0.15, 0.2) is 46.5 Å². The number of aliphatic imine (C=N–C) groups is 1. The van der Waals surface area contributed by atoms with Gasteiger partial charge in [0.1, 0.15) is 18.0 Å². The van der Waals surface area contributed by atoms with Crippen molar-refractivity contribution in [2.45, 2.75) is 32.7 Å². The first-order valence-electron chi connectivity index (χ1n) is 9.80. The fourth-order valence-corrected chi connectivity index (χ4v) is 3.48. The van der Waals surface area contributed by atoms with Gasteiger partial charge in [-0.05, 0) is 32.4 Å². The van der Waals surface area contributed by atoms with Gasteiger partial charge < -0.3 is 21.5 Å². The average Bonchev–Trinajstić information content (AvgIpc) is 2.72. The lowest BCUT2D eigenvalue weighted by Gasteiger charge is -2.22. The summed E-state index contributed by atoms with van der Waals surface area (Å²) in [5, 5.41) is 17.5. The molecule has 0 amide bonds. The second kappa shape index (κ2) is 9.05. The van der Waals surface area contributed by atoms with Crippen molar-refractivity contribution in [3.8, 4) is 0 Å². The van der Waals surface area contributed by atoms with Crippen molar-refractivity contribution in [3.63, 3.8) is 0 Å². The van der Waals surface area contributed by atoms with E-state index < -0.39 is 5.41 Å². The van der Waals surface area contributed by atoms with Crippen LogP contribution in [0.25, 0.3) is 10.9 Å². The molecule has 0 bridgehead atoms. The van der Waals surface area contributed by atoms with Gasteiger partial charge in [-0.25, -0.2) is 9.97 Å². The second-order valence-corrected chi connectivity index (χ2v) is 7.90. The van der Waals surface area contributed by atoms with Crippen molar-refractivity contribution >= 4 is 28.8 Å². The molecule has 1 aromatic carbocycles. The summed E-state index contributed by atoms with van der Waals surface area (Å²) in [5.74, 6) is 5.74. The van der Waals surface area contributed by atoms with Crippen molar-refractivity contribution in [2.24, 2.45) is 15.9 Å². The van der Waals surface area contributed by atoms with E-state index in [0.29, 0.717) is 29.4 Å². The van der Waals surface area contributed by atoms with Gasteiger partial charge in [0, 0.05) is 24.6 Å². The van der Waals surface area contributed by atoms with Gasteiger partial charge in [0.2, 0.25) is 17.3 Å². The molecule has 0 spiro atoms. The Morgan fingerprint density at radius 3 is 2.68 bits per heavy atom. The van der Waals surface area contributed by atoms with Crippen LogP contribution in [-0.4, -0.2) is 35.6 Å². The number of aryl methyl sites for hydroxylation is 1. The molecule has 3 aromatic rings. The number of anilines is 1. The summed E-state index contributed by atoms with van der Waals surface area (Å²) in [7, 11) is 1.61. The zero-order valence-electron chi connectivity index (χ0n) is 18.2. The van der Waals surface area contributed by atoms with Crippen molar-refractivity contribution in [3.05, 3.63) is 64.3 Å². The van der Waals surface area contributed by atoms with Gasteiger partial charge in [0.25, 0.3) is 0 Å². The number of fused-ring (bicyclic) bond motifs is 1. The molecule has 162 valence electrons. The summed E-state index contributed by atoms with van der Waals surface area (Å²) in [6, 6.07) is 11.1. The lowest BCUT2D eigenvalue weighted by molar-refractivity contribution is -0.626. The molecule has 0 saturated heterocycles. The second-order valence-electron chi connectivity index (χ2n) is 7.90. The van der Waals surface area contributed by atoms with E-state index in [0.717, 1.165) is 21.2 Å². The highest BCUT2D eigenvalue weighted by molar-refractivity contribution is 6.40. The highest BCUT2D eigenvalue weighted by atomic mass is 16.5. The predicted molar refractivity (Wildman–Crippen MR) is 122 cm³/mol. The van der Waals surface area contributed by atoms with Crippen LogP contribution in [-0.2, 0) is 16.7 Å². The van der Waals surface area contributed by atoms with Crippen LogP contribution in [0, 0.1) is 12.1 Å². The number of benzene rings is 1. The number of rotatable bonds is 7. The Hall–Kier alpha value is -3.59. The summed E-state index contributed by atoms with van der Waals surface area (Å²) in [5.41, 5.74) is 9.09. The maximum Gasteiger partial charge on any atom is 0.221 e. The molecule has 0 fully saturated rings. The summed E-state index contributed by atoms with van der Waals surface area (Å²) < 4.78 is 6.15. The third kappa shape index (κ3) is 4.61. The molecule has 3 rings (SSSR count). The van der Waals surface area contributed by atoms with Gasteiger partial charge >= 0.3 is 0 Å². The first-order valence-corrected chi connectivity index (χ1v) is 9.80. The maximum absolute atomic E-state index is 12.9. The molecule has 2 heterocycles. The number of pyridine rings is 1. The molecule has 9 nitrogen and oxygen atoms in total. The van der Waals surface area contributed by atoms with Crippen molar-refractivity contribution in [1.82, 2.24) is 9.97 Å². The van der Waals surface area contributed by atoms with Crippen LogP contribution < -0.4 is 16.3 Å². The third-order valence-electron chi connectivity index (χ3n) is 5.02. The summed E-state index contributed by atoms with van der Waals surface area (Å²) in [4.78, 5) is 13.0. The fourth-order valence-electron chi connectivity index (χ4n) is 3.48. The number of hydrazone groups is 1. The Morgan fingerprint density at radius 2 is 1.97 bits per heavy atom. The number of nitrogens with zero attached hydrogens (tertiary/aromatic N) is 5. The van der Waals surface area contributed by atoms with E-state index >= 15 is 0 Å². The molecule has 0 aliphatic rings. The Balaban J connectivity index is 1.91. The van der Waals surface area contributed by atoms with E-state index in [4.69, 9.17) is 16.3 Å². The SMILES string of the molecule is COCC(C)(C)c1cccc(CN=CC(=NN)c2nc(N)nc3c(C)cccc23)[n+]1[O-]. The van der Waals surface area contributed by atoms with Gasteiger partial charge in [-0.1, -0.05) is 18.2 Å². The van der Waals surface area contributed by atoms with E-state index in [-0.39, 0.29) is 12.5 Å². The smallest absolute Gasteiger partial charge is 0.221 e. The number of nitrogens with two attached hydrogens (primary N) is 2. The number of hydrogen-bond donors (Lipinski definition) is 2. The van der Waals surface area contributed by atoms with Gasteiger partial charge in [-0.2, -0.15) is 9.83 Å². The first-order chi connectivity index (χ1) is 14.8. The van der Waals surface area contributed by atoms with Gasteiger partial charge in [-0.15, -0.1) is 0 Å². The fraction of sp³-hybridized carbons (Fsp3) is 0.318. The number of aromatic nitrogens is 3. The average molecular weight is 422 g/mol. The van der Waals surface area contributed by atoms with Crippen molar-refractivity contribution < 1.29 is 9.47 Å². The Labute approximate surface area is 181 Å². The first kappa shape index (κ1) is 22.1. The van der Waals surface area contributed by atoms with Gasteiger partial charge in [-0.3, -0.25) is 4.99 Å². The molecule has 31 heavy (non-hydrogen) atoms. The van der Waals surface area contributed by atoms with Gasteiger partial charge in [0.05, 0.1) is 23.8 Å². The molecule has 0 aliphatic heterocycles. The zero-order chi connectivity index (χ0) is 22.6. The molecule has 0 aliphatic carbocycles. The van der Waals surface area contributed by atoms with E-state index in [1.165, 1.54) is 6.21 Å². The standard InChI is InChI=1S/C22H27N7O2/c1-14-7-5-9-16-19(14)26-21(23)27-20(16)17(28-24)12-25-11-15-8-6-10-18(29(15)30)22(2,3)13-31-4/h5-10,12H,11,13,24H2,1-4H3,(H2,23,26,27). The molecule has 0 unspecified atom stereocenters. The number of hydrogen-bond acceptors (Lipinski definition) is 8. The highest BCUT2D eigenvalue weighted by Gasteiger charge is 2.29. The van der Waals surface area contributed by atoms with Crippen LogP contribution in [0.1, 0.15) is 36.5 Å². The normalized spacial score (nSPS) is 12.7. The molecule has 0 saturated carbocycles. The van der Waals surface area contributed by atoms with Crippen LogP contribution in [0.2, 0.25) is 0 Å². The maximum atomic E-state index is 12.9. The Kier molecular flexibility index (Phi) is 6.45. The quantitative estimate of drug-likeness (QED) is 0.197. The van der Waals surface area contributed by atoms with Crippen molar-refractivity contribution in [1.29, 1.82) is 0 Å². The molecule has 0 atom stereocenters. The number of ether oxygens (including phenoxy) is 1. The topological polar surface area (TPSA) is 139 Å².